The van der Waals surface area contributed by atoms with E-state index in [2.05, 4.69) is 25.7 Å². The van der Waals surface area contributed by atoms with Gasteiger partial charge in [-0.15, -0.1) is 0 Å². The molecule has 1 aliphatic carbocycles. The molecule has 1 saturated carbocycles. The van der Waals surface area contributed by atoms with Crippen molar-refractivity contribution >= 4 is 5.91 Å². The molecule has 1 aromatic carbocycles. The van der Waals surface area contributed by atoms with E-state index >= 15 is 0 Å². The zero-order valence-corrected chi connectivity index (χ0v) is 12.8. The van der Waals surface area contributed by atoms with Crippen LogP contribution < -0.4 is 0 Å². The van der Waals surface area contributed by atoms with Crippen molar-refractivity contribution in [2.75, 3.05) is 13.1 Å². The van der Waals surface area contributed by atoms with Crippen LogP contribution in [0.1, 0.15) is 44.0 Å². The van der Waals surface area contributed by atoms with Gasteiger partial charge in [0.15, 0.2) is 0 Å². The Morgan fingerprint density at radius 1 is 1.05 bits per heavy atom. The molecule has 2 fully saturated rings. The number of likely N-dealkylation sites (tertiary alicyclic amines) is 1. The average Bonchev–Trinajstić information content (AvgIpc) is 2.96. The smallest absolute Gasteiger partial charge is 0.253 e. The molecule has 108 valence electrons. The van der Waals surface area contributed by atoms with Gasteiger partial charge in [0, 0.05) is 18.7 Å². The van der Waals surface area contributed by atoms with E-state index in [0.717, 1.165) is 36.4 Å². The number of amides is 1. The molecule has 0 N–H and O–H groups in total. The Labute approximate surface area is 122 Å². The van der Waals surface area contributed by atoms with Crippen LogP contribution in [0, 0.1) is 23.2 Å². The third-order valence-electron chi connectivity index (χ3n) is 5.28. The molecule has 2 aliphatic rings. The Balaban J connectivity index is 1.65. The van der Waals surface area contributed by atoms with Gasteiger partial charge in [0.2, 0.25) is 0 Å². The molecule has 2 heteroatoms. The molecule has 3 atom stereocenters. The average molecular weight is 271 g/mol. The zero-order chi connectivity index (χ0) is 14.3. The molecule has 0 spiro atoms. The minimum atomic E-state index is 0.215. The van der Waals surface area contributed by atoms with Gasteiger partial charge in [0.05, 0.1) is 0 Å². The maximum atomic E-state index is 12.5. The number of fused-ring (bicyclic) bond motifs is 1. The number of benzene rings is 1. The van der Waals surface area contributed by atoms with Gasteiger partial charge >= 0.3 is 0 Å². The van der Waals surface area contributed by atoms with Gasteiger partial charge in [0.25, 0.3) is 5.91 Å². The van der Waals surface area contributed by atoms with Crippen LogP contribution in [0.4, 0.5) is 0 Å². The molecule has 2 nitrogen and oxygen atoms in total. The fourth-order valence-electron chi connectivity index (χ4n) is 3.94. The van der Waals surface area contributed by atoms with E-state index in [0.29, 0.717) is 5.41 Å². The van der Waals surface area contributed by atoms with Gasteiger partial charge in [-0.1, -0.05) is 39.0 Å². The largest absolute Gasteiger partial charge is 0.338 e. The molecular formula is C18H25NO. The molecule has 0 aromatic heterocycles. The lowest BCUT2D eigenvalue weighted by Crippen LogP contribution is -2.30. The standard InChI is InChI=1S/C18H25NO/c1-18(2,3)16-9-14-11-19(12-15(14)10-16)17(20)13-7-5-4-6-8-13/h4-8,14-16H,9-12H2,1-3H3/t14-,15+,16?. The molecule has 1 heterocycles. The fourth-order valence-corrected chi connectivity index (χ4v) is 3.94. The van der Waals surface area contributed by atoms with Crippen molar-refractivity contribution < 1.29 is 4.79 Å². The topological polar surface area (TPSA) is 20.3 Å². The van der Waals surface area contributed by atoms with E-state index < -0.39 is 0 Å². The fraction of sp³-hybridized carbons (Fsp3) is 0.611. The molecule has 1 aliphatic heterocycles. The minimum absolute atomic E-state index is 0.215. The molecule has 1 unspecified atom stereocenters. The van der Waals surface area contributed by atoms with Crippen molar-refractivity contribution in [1.29, 1.82) is 0 Å². The zero-order valence-electron chi connectivity index (χ0n) is 12.8. The molecule has 0 radical (unpaired) electrons. The summed E-state index contributed by atoms with van der Waals surface area (Å²) < 4.78 is 0. The summed E-state index contributed by atoms with van der Waals surface area (Å²) in [6.45, 7) is 8.98. The second-order valence-corrected chi connectivity index (χ2v) is 7.63. The van der Waals surface area contributed by atoms with Crippen molar-refractivity contribution in [2.24, 2.45) is 23.2 Å². The minimum Gasteiger partial charge on any atom is -0.338 e. The van der Waals surface area contributed by atoms with Crippen LogP contribution in [-0.4, -0.2) is 23.9 Å². The van der Waals surface area contributed by atoms with Crippen LogP contribution in [-0.2, 0) is 0 Å². The summed E-state index contributed by atoms with van der Waals surface area (Å²) in [4.78, 5) is 14.6. The van der Waals surface area contributed by atoms with Gasteiger partial charge < -0.3 is 4.90 Å². The molecule has 0 bridgehead atoms. The maximum Gasteiger partial charge on any atom is 0.253 e. The number of hydrogen-bond donors (Lipinski definition) is 0. The molecule has 20 heavy (non-hydrogen) atoms. The first-order valence-corrected chi connectivity index (χ1v) is 7.79. The van der Waals surface area contributed by atoms with E-state index in [9.17, 15) is 4.79 Å². The van der Waals surface area contributed by atoms with Crippen LogP contribution in [0.5, 0.6) is 0 Å². The third kappa shape index (κ3) is 2.48. The van der Waals surface area contributed by atoms with Gasteiger partial charge in [-0.3, -0.25) is 4.79 Å². The van der Waals surface area contributed by atoms with Crippen LogP contribution in [0.3, 0.4) is 0 Å². The molecular weight excluding hydrogens is 246 g/mol. The summed E-state index contributed by atoms with van der Waals surface area (Å²) in [6, 6.07) is 9.70. The first kappa shape index (κ1) is 13.7. The lowest BCUT2D eigenvalue weighted by atomic mass is 9.79. The van der Waals surface area contributed by atoms with Gasteiger partial charge in [-0.25, -0.2) is 0 Å². The van der Waals surface area contributed by atoms with Crippen molar-refractivity contribution in [3.63, 3.8) is 0 Å². The summed E-state index contributed by atoms with van der Waals surface area (Å²) in [5.41, 5.74) is 1.25. The molecule has 1 saturated heterocycles. The van der Waals surface area contributed by atoms with Crippen molar-refractivity contribution in [1.82, 2.24) is 4.90 Å². The Kier molecular flexibility index (Phi) is 3.35. The summed E-state index contributed by atoms with van der Waals surface area (Å²) in [5, 5.41) is 0. The Morgan fingerprint density at radius 3 is 2.10 bits per heavy atom. The predicted molar refractivity (Wildman–Crippen MR) is 81.5 cm³/mol. The Bertz CT molecular complexity index is 474. The number of rotatable bonds is 1. The van der Waals surface area contributed by atoms with E-state index in [1.807, 2.05) is 30.3 Å². The van der Waals surface area contributed by atoms with Crippen LogP contribution in [0.15, 0.2) is 30.3 Å². The van der Waals surface area contributed by atoms with Gasteiger partial charge in [-0.2, -0.15) is 0 Å². The lowest BCUT2D eigenvalue weighted by Gasteiger charge is -2.28. The first-order valence-electron chi connectivity index (χ1n) is 7.79. The quantitative estimate of drug-likeness (QED) is 0.760. The van der Waals surface area contributed by atoms with E-state index in [-0.39, 0.29) is 5.91 Å². The SMILES string of the molecule is CC(C)(C)C1C[C@@H]2CN(C(=O)c3ccccc3)C[C@@H]2C1. The Morgan fingerprint density at radius 2 is 1.60 bits per heavy atom. The second-order valence-electron chi connectivity index (χ2n) is 7.63. The maximum absolute atomic E-state index is 12.5. The highest BCUT2D eigenvalue weighted by Crippen LogP contribution is 2.48. The number of hydrogen-bond acceptors (Lipinski definition) is 1. The normalized spacial score (nSPS) is 29.6. The highest BCUT2D eigenvalue weighted by Gasteiger charge is 2.45. The van der Waals surface area contributed by atoms with Gasteiger partial charge in [-0.05, 0) is 48.1 Å². The summed E-state index contributed by atoms with van der Waals surface area (Å²) in [6.07, 6.45) is 2.60. The summed E-state index contributed by atoms with van der Waals surface area (Å²) >= 11 is 0. The first-order chi connectivity index (χ1) is 9.45. The number of carbonyl (C=O) groups is 1. The predicted octanol–water partition coefficient (Wildman–Crippen LogP) is 3.83. The highest BCUT2D eigenvalue weighted by molar-refractivity contribution is 5.94. The van der Waals surface area contributed by atoms with Gasteiger partial charge in [0.1, 0.15) is 0 Å². The van der Waals surface area contributed by atoms with E-state index in [1.54, 1.807) is 0 Å². The van der Waals surface area contributed by atoms with Crippen molar-refractivity contribution in [3.8, 4) is 0 Å². The Hall–Kier alpha value is -1.31. The highest BCUT2D eigenvalue weighted by atomic mass is 16.2. The molecule has 1 aromatic rings. The summed E-state index contributed by atoms with van der Waals surface area (Å²) in [5.74, 6) is 2.50. The van der Waals surface area contributed by atoms with Crippen LogP contribution in [0.2, 0.25) is 0 Å². The third-order valence-corrected chi connectivity index (χ3v) is 5.28. The monoisotopic (exact) mass is 271 g/mol. The second kappa shape index (κ2) is 4.91. The van der Waals surface area contributed by atoms with Crippen LogP contribution >= 0.6 is 0 Å². The molecule has 3 rings (SSSR count). The number of nitrogens with zero attached hydrogens (tertiary/aromatic N) is 1. The lowest BCUT2D eigenvalue weighted by molar-refractivity contribution is 0.0772. The van der Waals surface area contributed by atoms with Crippen LogP contribution in [0.25, 0.3) is 0 Å². The van der Waals surface area contributed by atoms with Crippen molar-refractivity contribution in [2.45, 2.75) is 33.6 Å². The summed E-state index contributed by atoms with van der Waals surface area (Å²) in [7, 11) is 0. The van der Waals surface area contributed by atoms with E-state index in [1.165, 1.54) is 12.8 Å². The molecule has 1 amide bonds. The number of carbonyl (C=O) groups excluding carboxylic acids is 1. The van der Waals surface area contributed by atoms with E-state index in [4.69, 9.17) is 0 Å². The van der Waals surface area contributed by atoms with Crippen molar-refractivity contribution in [3.05, 3.63) is 35.9 Å².